The number of furan rings is 1. The molecule has 1 N–H and O–H groups in total. The summed E-state index contributed by atoms with van der Waals surface area (Å²) < 4.78 is 13.2. The molecule has 0 spiro atoms. The summed E-state index contributed by atoms with van der Waals surface area (Å²) in [5.74, 6) is 1.36. The molecule has 4 heterocycles. The van der Waals surface area contributed by atoms with Crippen molar-refractivity contribution in [2.45, 2.75) is 20.8 Å². The summed E-state index contributed by atoms with van der Waals surface area (Å²) in [6.07, 6.45) is 4.61. The van der Waals surface area contributed by atoms with Gasteiger partial charge in [-0.05, 0) is 50.6 Å². The zero-order chi connectivity index (χ0) is 19.8. The summed E-state index contributed by atoms with van der Waals surface area (Å²) in [6.45, 7) is 5.76. The monoisotopic (exact) mass is 395 g/mol. The van der Waals surface area contributed by atoms with Crippen LogP contribution in [-0.4, -0.2) is 20.5 Å². The minimum atomic E-state index is -0.298. The maximum Gasteiger partial charge on any atom is 0.266 e. The van der Waals surface area contributed by atoms with Crippen LogP contribution in [0.4, 0.5) is 0 Å². The number of aryl methyl sites for hydroxylation is 2. The van der Waals surface area contributed by atoms with Crippen molar-refractivity contribution in [3.63, 3.8) is 0 Å². The Morgan fingerprint density at radius 2 is 2.11 bits per heavy atom. The van der Waals surface area contributed by atoms with E-state index in [-0.39, 0.29) is 17.1 Å². The van der Waals surface area contributed by atoms with E-state index in [0.717, 1.165) is 22.7 Å². The van der Waals surface area contributed by atoms with Crippen molar-refractivity contribution >= 4 is 29.3 Å². The predicted molar refractivity (Wildman–Crippen MR) is 105 cm³/mol. The Hall–Kier alpha value is -3.39. The van der Waals surface area contributed by atoms with Crippen molar-refractivity contribution in [2.24, 2.45) is 0 Å². The molecule has 4 aromatic heterocycles. The molecule has 0 bridgehead atoms. The first-order valence-electron chi connectivity index (χ1n) is 8.55. The molecular formula is C20H17N3O4S. The second-order valence-electron chi connectivity index (χ2n) is 6.37. The lowest BCUT2D eigenvalue weighted by Crippen LogP contribution is -2.20. The second kappa shape index (κ2) is 6.97. The third-order valence-electron chi connectivity index (χ3n) is 4.31. The lowest BCUT2D eigenvalue weighted by atomic mass is 10.2. The van der Waals surface area contributed by atoms with Gasteiger partial charge >= 0.3 is 0 Å². The van der Waals surface area contributed by atoms with E-state index in [1.54, 1.807) is 12.1 Å². The quantitative estimate of drug-likeness (QED) is 0.535. The standard InChI is InChI=1S/C20H17N3O4S/c1-11-7-14(13(3)23(11)18-8-12(2)27-22-18)9-17-20(25)21-19(28-17)10-15(24)16-5-4-6-26-16/h4-10H,1-3H3,(H,21,25)/b17-9-,19-10-. The topological polar surface area (TPSA) is 94.0 Å². The van der Waals surface area contributed by atoms with E-state index in [1.165, 1.54) is 23.7 Å². The Morgan fingerprint density at radius 1 is 1.29 bits per heavy atom. The lowest BCUT2D eigenvalue weighted by Gasteiger charge is -2.03. The SMILES string of the molecule is Cc1cc(-n2c(C)cc(/C=c3\s/c(=C\C(=O)c4ccco4)[nH]c3=O)c2C)no1. The maximum absolute atomic E-state index is 12.3. The van der Waals surface area contributed by atoms with Gasteiger partial charge < -0.3 is 13.9 Å². The largest absolute Gasteiger partial charge is 0.461 e. The number of hydrogen-bond acceptors (Lipinski definition) is 6. The van der Waals surface area contributed by atoms with Gasteiger partial charge in [0, 0.05) is 23.5 Å². The van der Waals surface area contributed by atoms with Crippen molar-refractivity contribution < 1.29 is 13.7 Å². The average molecular weight is 395 g/mol. The second-order valence-corrected chi connectivity index (χ2v) is 7.46. The van der Waals surface area contributed by atoms with Gasteiger partial charge in [-0.1, -0.05) is 5.16 Å². The number of hydrogen-bond donors (Lipinski definition) is 1. The van der Waals surface area contributed by atoms with E-state index in [4.69, 9.17) is 8.94 Å². The Kier molecular flexibility index (Phi) is 4.48. The van der Waals surface area contributed by atoms with Crippen LogP contribution in [0.5, 0.6) is 0 Å². The number of rotatable bonds is 4. The highest BCUT2D eigenvalue weighted by Gasteiger charge is 2.13. The van der Waals surface area contributed by atoms with E-state index in [2.05, 4.69) is 10.1 Å². The van der Waals surface area contributed by atoms with Crippen LogP contribution < -0.4 is 14.8 Å². The fraction of sp³-hybridized carbons (Fsp3) is 0.150. The minimum absolute atomic E-state index is 0.228. The van der Waals surface area contributed by atoms with Crippen LogP contribution in [0.15, 0.2) is 44.3 Å². The number of carbonyl (C=O) groups is 1. The summed E-state index contributed by atoms with van der Waals surface area (Å²) in [5.41, 5.74) is 2.57. The number of carbonyl (C=O) groups excluding carboxylic acids is 1. The normalized spacial score (nSPS) is 12.8. The summed E-state index contributed by atoms with van der Waals surface area (Å²) in [6, 6.07) is 7.06. The molecule has 28 heavy (non-hydrogen) atoms. The molecular weight excluding hydrogens is 378 g/mol. The molecule has 142 valence electrons. The van der Waals surface area contributed by atoms with Gasteiger partial charge in [0.25, 0.3) is 5.56 Å². The molecule has 8 heteroatoms. The van der Waals surface area contributed by atoms with Gasteiger partial charge in [-0.15, -0.1) is 11.3 Å². The maximum atomic E-state index is 12.3. The number of Topliss-reactive ketones (excluding diaryl/α,β-unsaturated/α-hetero) is 1. The summed E-state index contributed by atoms with van der Waals surface area (Å²) in [7, 11) is 0. The molecule has 0 unspecified atom stereocenters. The van der Waals surface area contributed by atoms with Crippen molar-refractivity contribution in [2.75, 3.05) is 0 Å². The molecule has 0 saturated heterocycles. The van der Waals surface area contributed by atoms with Gasteiger partial charge in [-0.2, -0.15) is 0 Å². The van der Waals surface area contributed by atoms with Crippen LogP contribution in [0.3, 0.4) is 0 Å². The molecule has 0 saturated carbocycles. The first kappa shape index (κ1) is 18.0. The first-order chi connectivity index (χ1) is 13.4. The van der Waals surface area contributed by atoms with Crippen LogP contribution in [0.2, 0.25) is 0 Å². The Morgan fingerprint density at radius 3 is 2.79 bits per heavy atom. The number of ketones is 1. The van der Waals surface area contributed by atoms with Crippen molar-refractivity contribution in [3.05, 3.63) is 78.5 Å². The zero-order valence-electron chi connectivity index (χ0n) is 15.5. The van der Waals surface area contributed by atoms with Crippen molar-refractivity contribution in [3.8, 4) is 5.82 Å². The van der Waals surface area contributed by atoms with Crippen LogP contribution >= 0.6 is 11.3 Å². The molecule has 0 aliphatic carbocycles. The number of H-pyrrole nitrogens is 1. The molecule has 0 aliphatic rings. The Bertz CT molecular complexity index is 1330. The third-order valence-corrected chi connectivity index (χ3v) is 5.27. The fourth-order valence-electron chi connectivity index (χ4n) is 3.02. The molecule has 7 nitrogen and oxygen atoms in total. The van der Waals surface area contributed by atoms with E-state index in [9.17, 15) is 9.59 Å². The van der Waals surface area contributed by atoms with Gasteiger partial charge in [0.05, 0.1) is 15.5 Å². The summed E-state index contributed by atoms with van der Waals surface area (Å²) in [4.78, 5) is 27.2. The summed E-state index contributed by atoms with van der Waals surface area (Å²) in [5, 5.41) is 4.06. The Labute approximate surface area is 163 Å². The zero-order valence-corrected chi connectivity index (χ0v) is 16.3. The first-order valence-corrected chi connectivity index (χ1v) is 9.37. The van der Waals surface area contributed by atoms with Crippen molar-refractivity contribution in [1.29, 1.82) is 0 Å². The number of nitrogens with one attached hydrogen (secondary N) is 1. The van der Waals surface area contributed by atoms with E-state index in [0.29, 0.717) is 15.0 Å². The summed E-state index contributed by atoms with van der Waals surface area (Å²) >= 11 is 1.22. The molecule has 0 atom stereocenters. The highest BCUT2D eigenvalue weighted by Crippen LogP contribution is 2.21. The van der Waals surface area contributed by atoms with Gasteiger partial charge in [0.1, 0.15) is 5.76 Å². The number of thiazole rings is 1. The highest BCUT2D eigenvalue weighted by atomic mass is 32.1. The molecule has 4 rings (SSSR count). The minimum Gasteiger partial charge on any atom is -0.461 e. The van der Waals surface area contributed by atoms with Gasteiger partial charge in [-0.3, -0.25) is 14.2 Å². The third kappa shape index (κ3) is 3.29. The van der Waals surface area contributed by atoms with E-state index >= 15 is 0 Å². The van der Waals surface area contributed by atoms with Crippen LogP contribution in [0.25, 0.3) is 18.0 Å². The number of nitrogens with zero attached hydrogens (tertiary/aromatic N) is 2. The fourth-order valence-corrected chi connectivity index (χ4v) is 3.90. The van der Waals surface area contributed by atoms with E-state index in [1.807, 2.05) is 43.5 Å². The molecule has 0 fully saturated rings. The number of aromatic amines is 1. The number of aromatic nitrogens is 3. The van der Waals surface area contributed by atoms with Crippen LogP contribution in [-0.2, 0) is 0 Å². The van der Waals surface area contributed by atoms with Crippen LogP contribution in [0.1, 0.15) is 33.3 Å². The molecule has 0 aromatic carbocycles. The molecule has 4 aromatic rings. The molecule has 0 aliphatic heterocycles. The van der Waals surface area contributed by atoms with Gasteiger partial charge in [0.2, 0.25) is 5.78 Å². The average Bonchev–Trinajstić information content (AvgIpc) is 3.40. The van der Waals surface area contributed by atoms with E-state index < -0.39 is 0 Å². The smallest absolute Gasteiger partial charge is 0.266 e. The lowest BCUT2D eigenvalue weighted by molar-refractivity contribution is 0.103. The molecule has 0 radical (unpaired) electrons. The Balaban J connectivity index is 1.76. The van der Waals surface area contributed by atoms with Gasteiger partial charge in [0.15, 0.2) is 11.6 Å². The van der Waals surface area contributed by atoms with Crippen molar-refractivity contribution in [1.82, 2.24) is 14.7 Å². The van der Waals surface area contributed by atoms with Gasteiger partial charge in [-0.25, -0.2) is 0 Å². The predicted octanol–water partition coefficient (Wildman–Crippen LogP) is 2.23. The molecule has 0 amide bonds. The van der Waals surface area contributed by atoms with Crippen LogP contribution in [0, 0.1) is 20.8 Å². The highest BCUT2D eigenvalue weighted by molar-refractivity contribution is 7.07.